The van der Waals surface area contributed by atoms with Crippen LogP contribution in [0.5, 0.6) is 0 Å². The van der Waals surface area contributed by atoms with Crippen molar-refractivity contribution in [2.24, 2.45) is 0 Å². The first-order valence-electron chi connectivity index (χ1n) is 10.3. The fourth-order valence-electron chi connectivity index (χ4n) is 3.68. The molecule has 0 atom stereocenters. The second-order valence-corrected chi connectivity index (χ2v) is 7.86. The van der Waals surface area contributed by atoms with Crippen molar-refractivity contribution in [2.45, 2.75) is 0 Å². The highest BCUT2D eigenvalue weighted by Crippen LogP contribution is 2.21. The third-order valence-corrected chi connectivity index (χ3v) is 5.69. The van der Waals surface area contributed by atoms with E-state index in [0.29, 0.717) is 50.0 Å². The van der Waals surface area contributed by atoms with E-state index in [0.717, 1.165) is 24.6 Å². The molecular formula is C22H25ClN4O4. The molecule has 4 rings (SSSR count). The predicted molar refractivity (Wildman–Crippen MR) is 118 cm³/mol. The number of piperazine rings is 1. The molecule has 2 aromatic rings. The number of amides is 1. The van der Waals surface area contributed by atoms with E-state index in [1.807, 2.05) is 24.3 Å². The molecule has 2 saturated heterocycles. The number of morpholine rings is 1. The molecule has 164 valence electrons. The lowest BCUT2D eigenvalue weighted by Gasteiger charge is -2.36. The molecule has 0 N–H and O–H groups in total. The molecule has 2 aliphatic heterocycles. The highest BCUT2D eigenvalue weighted by Gasteiger charge is 2.23. The van der Waals surface area contributed by atoms with Gasteiger partial charge in [0.25, 0.3) is 5.91 Å². The number of rotatable bonds is 5. The van der Waals surface area contributed by atoms with Crippen LogP contribution in [0.2, 0.25) is 5.02 Å². The Labute approximate surface area is 186 Å². The number of halogens is 1. The monoisotopic (exact) mass is 444 g/mol. The molecule has 3 heterocycles. The second-order valence-electron chi connectivity index (χ2n) is 7.43. The average Bonchev–Trinajstić information content (AvgIpc) is 2.83. The minimum atomic E-state index is -0.549. The van der Waals surface area contributed by atoms with Gasteiger partial charge in [-0.1, -0.05) is 17.7 Å². The van der Waals surface area contributed by atoms with Gasteiger partial charge in [0.1, 0.15) is 5.82 Å². The molecule has 8 nitrogen and oxygen atoms in total. The fraction of sp³-hybridized carbons (Fsp3) is 0.409. The third kappa shape index (κ3) is 5.45. The average molecular weight is 445 g/mol. The number of aromatic nitrogens is 1. The van der Waals surface area contributed by atoms with E-state index >= 15 is 0 Å². The summed E-state index contributed by atoms with van der Waals surface area (Å²) in [5, 5.41) is 0.690. The smallest absolute Gasteiger partial charge is 0.340 e. The zero-order chi connectivity index (χ0) is 21.6. The van der Waals surface area contributed by atoms with Crippen LogP contribution in [0.15, 0.2) is 42.6 Å². The fourth-order valence-corrected chi connectivity index (χ4v) is 3.86. The molecule has 0 saturated carbocycles. The molecule has 2 fully saturated rings. The number of ether oxygens (including phenoxy) is 2. The molecule has 0 aliphatic carbocycles. The van der Waals surface area contributed by atoms with Crippen LogP contribution in [-0.2, 0) is 14.3 Å². The van der Waals surface area contributed by atoms with Crippen LogP contribution >= 0.6 is 11.6 Å². The first-order chi connectivity index (χ1) is 15.1. The van der Waals surface area contributed by atoms with Gasteiger partial charge < -0.3 is 24.2 Å². The van der Waals surface area contributed by atoms with E-state index in [-0.39, 0.29) is 12.5 Å². The molecule has 31 heavy (non-hydrogen) atoms. The molecular weight excluding hydrogens is 420 g/mol. The molecule has 1 amide bonds. The Balaban J connectivity index is 1.23. The third-order valence-electron chi connectivity index (χ3n) is 5.45. The Morgan fingerprint density at radius 2 is 1.77 bits per heavy atom. The van der Waals surface area contributed by atoms with Crippen molar-refractivity contribution in [1.29, 1.82) is 0 Å². The van der Waals surface area contributed by atoms with Gasteiger partial charge >= 0.3 is 5.97 Å². The second kappa shape index (κ2) is 9.98. The number of pyridine rings is 1. The lowest BCUT2D eigenvalue weighted by Crippen LogP contribution is -2.49. The SMILES string of the molecule is O=C(OCC(=O)N1CCN(c2cccc(Cl)c2)CC1)c1ccc(N2CCOCC2)nc1. The van der Waals surface area contributed by atoms with Crippen molar-refractivity contribution in [2.75, 3.05) is 68.9 Å². The van der Waals surface area contributed by atoms with Crippen molar-refractivity contribution in [3.8, 4) is 0 Å². The van der Waals surface area contributed by atoms with Crippen LogP contribution in [0.4, 0.5) is 11.5 Å². The minimum absolute atomic E-state index is 0.197. The van der Waals surface area contributed by atoms with Crippen molar-refractivity contribution in [3.63, 3.8) is 0 Å². The van der Waals surface area contributed by atoms with Gasteiger partial charge in [0.15, 0.2) is 6.61 Å². The number of carbonyl (C=O) groups excluding carboxylic acids is 2. The van der Waals surface area contributed by atoms with Crippen molar-refractivity contribution in [1.82, 2.24) is 9.88 Å². The summed E-state index contributed by atoms with van der Waals surface area (Å²) in [7, 11) is 0. The lowest BCUT2D eigenvalue weighted by molar-refractivity contribution is -0.134. The summed E-state index contributed by atoms with van der Waals surface area (Å²) in [6.45, 7) is 5.14. The van der Waals surface area contributed by atoms with E-state index in [2.05, 4.69) is 14.8 Å². The number of hydrogen-bond donors (Lipinski definition) is 0. The van der Waals surface area contributed by atoms with Gasteiger partial charge in [-0.2, -0.15) is 0 Å². The minimum Gasteiger partial charge on any atom is -0.452 e. The Morgan fingerprint density at radius 3 is 2.45 bits per heavy atom. The van der Waals surface area contributed by atoms with Gasteiger partial charge in [-0.05, 0) is 30.3 Å². The van der Waals surface area contributed by atoms with E-state index in [4.69, 9.17) is 21.1 Å². The van der Waals surface area contributed by atoms with Crippen molar-refractivity contribution >= 4 is 35.0 Å². The number of hydrogen-bond acceptors (Lipinski definition) is 7. The molecule has 0 unspecified atom stereocenters. The van der Waals surface area contributed by atoms with Gasteiger partial charge in [-0.15, -0.1) is 0 Å². The molecule has 0 spiro atoms. The summed E-state index contributed by atoms with van der Waals surface area (Å²) in [6, 6.07) is 11.1. The van der Waals surface area contributed by atoms with E-state index < -0.39 is 5.97 Å². The molecule has 1 aromatic carbocycles. The van der Waals surface area contributed by atoms with Gasteiger partial charge in [0.2, 0.25) is 0 Å². The maximum atomic E-state index is 12.5. The first-order valence-corrected chi connectivity index (χ1v) is 10.7. The Kier molecular flexibility index (Phi) is 6.89. The maximum absolute atomic E-state index is 12.5. The number of carbonyl (C=O) groups is 2. The Bertz CT molecular complexity index is 910. The van der Waals surface area contributed by atoms with Crippen LogP contribution in [0.3, 0.4) is 0 Å². The number of nitrogens with zero attached hydrogens (tertiary/aromatic N) is 4. The molecule has 1 aromatic heterocycles. The summed E-state index contributed by atoms with van der Waals surface area (Å²) in [5.74, 6) is 0.0532. The highest BCUT2D eigenvalue weighted by molar-refractivity contribution is 6.30. The molecule has 0 bridgehead atoms. The van der Waals surface area contributed by atoms with Gasteiger partial charge in [-0.25, -0.2) is 9.78 Å². The number of anilines is 2. The normalized spacial score (nSPS) is 16.9. The molecule has 2 aliphatic rings. The largest absolute Gasteiger partial charge is 0.452 e. The topological polar surface area (TPSA) is 75.2 Å². The van der Waals surface area contributed by atoms with Crippen molar-refractivity contribution < 1.29 is 19.1 Å². The zero-order valence-electron chi connectivity index (χ0n) is 17.2. The summed E-state index contributed by atoms with van der Waals surface area (Å²) >= 11 is 6.06. The molecule has 0 radical (unpaired) electrons. The van der Waals surface area contributed by atoms with Crippen LogP contribution in [0.25, 0.3) is 0 Å². The van der Waals surface area contributed by atoms with Gasteiger partial charge in [0, 0.05) is 56.2 Å². The standard InChI is InChI=1S/C22H25ClN4O4/c23-18-2-1-3-19(14-18)25-6-8-27(9-7-25)21(28)16-31-22(29)17-4-5-20(24-15-17)26-10-12-30-13-11-26/h1-5,14-15H,6-13,16H2. The maximum Gasteiger partial charge on any atom is 0.340 e. The number of benzene rings is 1. The van der Waals surface area contributed by atoms with E-state index in [1.54, 1.807) is 17.0 Å². The Hall–Kier alpha value is -2.84. The lowest BCUT2D eigenvalue weighted by atomic mass is 10.2. The quantitative estimate of drug-likeness (QED) is 0.653. The van der Waals surface area contributed by atoms with Crippen LogP contribution in [0.1, 0.15) is 10.4 Å². The van der Waals surface area contributed by atoms with Crippen LogP contribution in [-0.4, -0.2) is 80.8 Å². The summed E-state index contributed by atoms with van der Waals surface area (Å²) < 4.78 is 10.6. The summed E-state index contributed by atoms with van der Waals surface area (Å²) in [6.07, 6.45) is 1.49. The predicted octanol–water partition coefficient (Wildman–Crippen LogP) is 2.08. The molecule has 9 heteroatoms. The summed E-state index contributed by atoms with van der Waals surface area (Å²) in [5.41, 5.74) is 1.37. The zero-order valence-corrected chi connectivity index (χ0v) is 18.0. The van der Waals surface area contributed by atoms with Crippen LogP contribution < -0.4 is 9.80 Å². The van der Waals surface area contributed by atoms with Gasteiger partial charge in [0.05, 0.1) is 18.8 Å². The summed E-state index contributed by atoms with van der Waals surface area (Å²) in [4.78, 5) is 35.1. The van der Waals surface area contributed by atoms with Crippen molar-refractivity contribution in [3.05, 3.63) is 53.2 Å². The van der Waals surface area contributed by atoms with E-state index in [1.165, 1.54) is 6.20 Å². The first kappa shape index (κ1) is 21.4. The van der Waals surface area contributed by atoms with Crippen LogP contribution in [0, 0.1) is 0 Å². The van der Waals surface area contributed by atoms with Gasteiger partial charge in [-0.3, -0.25) is 4.79 Å². The Morgan fingerprint density at radius 1 is 1.00 bits per heavy atom. The highest BCUT2D eigenvalue weighted by atomic mass is 35.5. The number of esters is 1. The van der Waals surface area contributed by atoms with E-state index in [9.17, 15) is 9.59 Å².